The predicted octanol–water partition coefficient (Wildman–Crippen LogP) is 3.34. The van der Waals surface area contributed by atoms with Gasteiger partial charge in [0, 0.05) is 12.1 Å². The number of hydrogen-bond donors (Lipinski definition) is 1. The van der Waals surface area contributed by atoms with Gasteiger partial charge in [-0.2, -0.15) is 0 Å². The molecule has 0 aromatic rings. The highest BCUT2D eigenvalue weighted by molar-refractivity contribution is 4.97. The van der Waals surface area contributed by atoms with Gasteiger partial charge >= 0.3 is 0 Å². The fourth-order valence-electron chi connectivity index (χ4n) is 1.94. The third-order valence-electron chi connectivity index (χ3n) is 3.70. The molecule has 0 aromatic carbocycles. The molecule has 0 aromatic heterocycles. The molecule has 1 nitrogen and oxygen atoms in total. The van der Waals surface area contributed by atoms with E-state index >= 15 is 0 Å². The Bertz CT molecular complexity index is 149. The molecule has 2 atom stereocenters. The van der Waals surface area contributed by atoms with Crippen molar-refractivity contribution in [1.82, 2.24) is 5.32 Å². The van der Waals surface area contributed by atoms with Gasteiger partial charge in [0.25, 0.3) is 0 Å². The Morgan fingerprint density at radius 2 is 1.92 bits per heavy atom. The number of rotatable bonds is 6. The first-order chi connectivity index (χ1) is 6.12. The maximum atomic E-state index is 3.77. The lowest BCUT2D eigenvalue weighted by Crippen LogP contribution is -2.40. The van der Waals surface area contributed by atoms with Crippen LogP contribution in [0.5, 0.6) is 0 Å². The van der Waals surface area contributed by atoms with Crippen molar-refractivity contribution in [2.24, 2.45) is 5.41 Å². The van der Waals surface area contributed by atoms with Gasteiger partial charge in [-0.25, -0.2) is 0 Å². The fourth-order valence-corrected chi connectivity index (χ4v) is 1.94. The second-order valence-electron chi connectivity index (χ2n) is 4.94. The van der Waals surface area contributed by atoms with Crippen LogP contribution >= 0.6 is 0 Å². The summed E-state index contributed by atoms with van der Waals surface area (Å²) < 4.78 is 0. The van der Waals surface area contributed by atoms with Crippen molar-refractivity contribution < 1.29 is 0 Å². The first-order valence-electron chi connectivity index (χ1n) is 5.88. The normalized spacial score (nSPS) is 24.0. The molecule has 1 aliphatic rings. The molecule has 0 saturated heterocycles. The van der Waals surface area contributed by atoms with E-state index in [1.165, 1.54) is 32.1 Å². The molecule has 1 N–H and O–H groups in total. The second-order valence-corrected chi connectivity index (χ2v) is 4.94. The van der Waals surface area contributed by atoms with E-state index in [-0.39, 0.29) is 0 Å². The molecule has 2 unspecified atom stereocenters. The topological polar surface area (TPSA) is 12.0 Å². The van der Waals surface area contributed by atoms with Gasteiger partial charge in [0.2, 0.25) is 0 Å². The molecule has 1 fully saturated rings. The lowest BCUT2D eigenvalue weighted by atomic mass is 9.98. The molecule has 0 radical (unpaired) electrons. The molecule has 1 saturated carbocycles. The minimum atomic E-state index is 0.626. The summed E-state index contributed by atoms with van der Waals surface area (Å²) in [7, 11) is 0. The van der Waals surface area contributed by atoms with Crippen LogP contribution in [0.15, 0.2) is 0 Å². The van der Waals surface area contributed by atoms with Crippen LogP contribution < -0.4 is 5.32 Å². The number of hydrogen-bond acceptors (Lipinski definition) is 1. The second kappa shape index (κ2) is 4.45. The van der Waals surface area contributed by atoms with Gasteiger partial charge in [-0.3, -0.25) is 0 Å². The summed E-state index contributed by atoms with van der Waals surface area (Å²) in [4.78, 5) is 0. The highest BCUT2D eigenvalue weighted by Crippen LogP contribution is 2.48. The van der Waals surface area contributed by atoms with E-state index in [2.05, 4.69) is 33.0 Å². The summed E-state index contributed by atoms with van der Waals surface area (Å²) in [5.74, 6) is 0. The van der Waals surface area contributed by atoms with Crippen molar-refractivity contribution in [3.05, 3.63) is 0 Å². The van der Waals surface area contributed by atoms with Crippen molar-refractivity contribution in [1.29, 1.82) is 0 Å². The summed E-state index contributed by atoms with van der Waals surface area (Å²) in [6.07, 6.45) is 6.74. The molecule has 0 amide bonds. The van der Waals surface area contributed by atoms with Crippen molar-refractivity contribution in [2.75, 3.05) is 0 Å². The zero-order valence-corrected chi connectivity index (χ0v) is 9.69. The first-order valence-corrected chi connectivity index (χ1v) is 5.88. The summed E-state index contributed by atoms with van der Waals surface area (Å²) in [5.41, 5.74) is 0.626. The van der Waals surface area contributed by atoms with Crippen LogP contribution in [-0.2, 0) is 0 Å². The van der Waals surface area contributed by atoms with Gasteiger partial charge in [0.1, 0.15) is 0 Å². The van der Waals surface area contributed by atoms with Crippen molar-refractivity contribution in [2.45, 2.75) is 71.9 Å². The third-order valence-corrected chi connectivity index (χ3v) is 3.70. The molecular weight excluding hydrogens is 158 g/mol. The van der Waals surface area contributed by atoms with Gasteiger partial charge in [0.05, 0.1) is 0 Å². The average Bonchev–Trinajstić information content (AvgIpc) is 2.84. The Morgan fingerprint density at radius 3 is 2.31 bits per heavy atom. The van der Waals surface area contributed by atoms with E-state index in [9.17, 15) is 0 Å². The highest BCUT2D eigenvalue weighted by Gasteiger charge is 2.42. The summed E-state index contributed by atoms with van der Waals surface area (Å²) in [5, 5.41) is 3.77. The molecule has 0 heterocycles. The zero-order valence-electron chi connectivity index (χ0n) is 9.69. The van der Waals surface area contributed by atoms with Crippen LogP contribution in [0.25, 0.3) is 0 Å². The van der Waals surface area contributed by atoms with Crippen molar-refractivity contribution in [3.63, 3.8) is 0 Å². The minimum Gasteiger partial charge on any atom is -0.311 e. The van der Waals surface area contributed by atoms with Gasteiger partial charge in [0.15, 0.2) is 0 Å². The maximum Gasteiger partial charge on any atom is 0.00951 e. The molecule has 0 aliphatic heterocycles. The van der Waals surface area contributed by atoms with Gasteiger partial charge in [-0.1, -0.05) is 27.2 Å². The van der Waals surface area contributed by atoms with E-state index in [1.54, 1.807) is 0 Å². The number of nitrogens with one attached hydrogen (secondary N) is 1. The van der Waals surface area contributed by atoms with Crippen LogP contribution in [0, 0.1) is 5.41 Å². The lowest BCUT2D eigenvalue weighted by Gasteiger charge is -2.26. The molecule has 1 rings (SSSR count). The average molecular weight is 183 g/mol. The van der Waals surface area contributed by atoms with Crippen LogP contribution in [0.2, 0.25) is 0 Å². The smallest absolute Gasteiger partial charge is 0.00951 e. The quantitative estimate of drug-likeness (QED) is 0.666. The van der Waals surface area contributed by atoms with E-state index < -0.39 is 0 Å². The Balaban J connectivity index is 2.28. The van der Waals surface area contributed by atoms with Gasteiger partial charge < -0.3 is 5.32 Å². The highest BCUT2D eigenvalue weighted by atomic mass is 15.0. The van der Waals surface area contributed by atoms with Crippen LogP contribution in [0.3, 0.4) is 0 Å². The fraction of sp³-hybridized carbons (Fsp3) is 1.00. The van der Waals surface area contributed by atoms with Gasteiger partial charge in [-0.15, -0.1) is 0 Å². The minimum absolute atomic E-state index is 0.626. The Hall–Kier alpha value is -0.0400. The van der Waals surface area contributed by atoms with Gasteiger partial charge in [-0.05, 0) is 38.0 Å². The third kappa shape index (κ3) is 2.98. The maximum absolute atomic E-state index is 3.77. The molecule has 1 aliphatic carbocycles. The summed E-state index contributed by atoms with van der Waals surface area (Å²) in [6, 6.07) is 1.46. The largest absolute Gasteiger partial charge is 0.311 e. The van der Waals surface area contributed by atoms with E-state index in [1.807, 2.05) is 0 Å². The van der Waals surface area contributed by atoms with E-state index in [4.69, 9.17) is 0 Å². The molecule has 78 valence electrons. The Kier molecular flexibility index (Phi) is 3.78. The van der Waals surface area contributed by atoms with Crippen molar-refractivity contribution >= 4 is 0 Å². The summed E-state index contributed by atoms with van der Waals surface area (Å²) >= 11 is 0. The lowest BCUT2D eigenvalue weighted by molar-refractivity contribution is 0.322. The van der Waals surface area contributed by atoms with E-state index in [0.29, 0.717) is 11.5 Å². The molecule has 13 heavy (non-hydrogen) atoms. The van der Waals surface area contributed by atoms with E-state index in [0.717, 1.165) is 6.04 Å². The zero-order chi connectivity index (χ0) is 9.90. The first kappa shape index (κ1) is 11.0. The van der Waals surface area contributed by atoms with Crippen molar-refractivity contribution in [3.8, 4) is 0 Å². The standard InChI is InChI=1S/C12H25N/c1-5-7-11(6-2)13-10(3)12(4)8-9-12/h10-11,13H,5-9H2,1-4H3. The van der Waals surface area contributed by atoms with Crippen LogP contribution in [-0.4, -0.2) is 12.1 Å². The van der Waals surface area contributed by atoms with Crippen LogP contribution in [0.1, 0.15) is 59.8 Å². The summed E-state index contributed by atoms with van der Waals surface area (Å²) in [6.45, 7) is 9.32. The predicted molar refractivity (Wildman–Crippen MR) is 58.9 cm³/mol. The monoisotopic (exact) mass is 183 g/mol. The molecule has 1 heteroatoms. The molecule has 0 spiro atoms. The Morgan fingerprint density at radius 1 is 1.31 bits per heavy atom. The molecule has 0 bridgehead atoms. The SMILES string of the molecule is CCCC(CC)NC(C)C1(C)CC1. The van der Waals surface area contributed by atoms with Crippen LogP contribution in [0.4, 0.5) is 0 Å². The Labute approximate surface area is 83.3 Å². The molecular formula is C12H25N.